The SMILES string of the molecule is Cc1ncccc1Nc1ncc(Br)cc1Br. The summed E-state index contributed by atoms with van der Waals surface area (Å²) in [7, 11) is 0. The van der Waals surface area contributed by atoms with E-state index in [1.54, 1.807) is 12.4 Å². The van der Waals surface area contributed by atoms with E-state index < -0.39 is 0 Å². The number of pyridine rings is 2. The molecule has 0 aliphatic rings. The van der Waals surface area contributed by atoms with Crippen molar-refractivity contribution in [3.05, 3.63) is 45.2 Å². The van der Waals surface area contributed by atoms with Gasteiger partial charge in [-0.25, -0.2) is 4.98 Å². The zero-order valence-electron chi connectivity index (χ0n) is 8.54. The van der Waals surface area contributed by atoms with Crippen LogP contribution in [0.2, 0.25) is 0 Å². The van der Waals surface area contributed by atoms with Gasteiger partial charge in [-0.3, -0.25) is 4.98 Å². The molecule has 0 fully saturated rings. The van der Waals surface area contributed by atoms with Crippen molar-refractivity contribution in [2.45, 2.75) is 6.92 Å². The standard InChI is InChI=1S/C11H9Br2N3/c1-7-10(3-2-4-14-7)16-11-9(13)5-8(12)6-15-11/h2-6H,1H3,(H,15,16). The molecule has 82 valence electrons. The summed E-state index contributed by atoms with van der Waals surface area (Å²) in [4.78, 5) is 8.49. The summed E-state index contributed by atoms with van der Waals surface area (Å²) in [5.74, 6) is 0.777. The van der Waals surface area contributed by atoms with Gasteiger partial charge >= 0.3 is 0 Å². The van der Waals surface area contributed by atoms with Gasteiger partial charge in [0, 0.05) is 16.9 Å². The minimum atomic E-state index is 0.777. The quantitative estimate of drug-likeness (QED) is 0.894. The van der Waals surface area contributed by atoms with Gasteiger partial charge < -0.3 is 5.32 Å². The Morgan fingerprint density at radius 3 is 2.75 bits per heavy atom. The van der Waals surface area contributed by atoms with Crippen LogP contribution in [0.1, 0.15) is 5.69 Å². The lowest BCUT2D eigenvalue weighted by atomic mass is 10.3. The van der Waals surface area contributed by atoms with Crippen LogP contribution in [0.5, 0.6) is 0 Å². The van der Waals surface area contributed by atoms with E-state index in [0.717, 1.165) is 26.1 Å². The summed E-state index contributed by atoms with van der Waals surface area (Å²) in [5.41, 5.74) is 1.90. The fourth-order valence-electron chi connectivity index (χ4n) is 1.25. The number of rotatable bonds is 2. The number of anilines is 2. The number of nitrogens with one attached hydrogen (secondary N) is 1. The molecule has 0 bridgehead atoms. The molecule has 2 heterocycles. The molecular weight excluding hydrogens is 334 g/mol. The molecule has 0 saturated heterocycles. The summed E-state index contributed by atoms with van der Waals surface area (Å²) in [6.45, 7) is 1.95. The first-order valence-corrected chi connectivity index (χ1v) is 6.25. The molecule has 0 amide bonds. The Labute approximate surface area is 111 Å². The molecule has 0 unspecified atom stereocenters. The number of nitrogens with zero attached hydrogens (tertiary/aromatic N) is 2. The number of halogens is 2. The lowest BCUT2D eigenvalue weighted by molar-refractivity contribution is 1.18. The highest BCUT2D eigenvalue weighted by Gasteiger charge is 2.04. The van der Waals surface area contributed by atoms with Crippen LogP contribution in [0.15, 0.2) is 39.5 Å². The highest BCUT2D eigenvalue weighted by atomic mass is 79.9. The van der Waals surface area contributed by atoms with Gasteiger partial charge in [-0.05, 0) is 57.0 Å². The second-order valence-corrected chi connectivity index (χ2v) is 5.02. The van der Waals surface area contributed by atoms with Crippen molar-refractivity contribution in [3.63, 3.8) is 0 Å². The molecule has 2 aromatic heterocycles. The summed E-state index contributed by atoms with van der Waals surface area (Å²) in [5, 5.41) is 3.23. The van der Waals surface area contributed by atoms with Crippen molar-refractivity contribution in [1.29, 1.82) is 0 Å². The first-order valence-electron chi connectivity index (χ1n) is 4.66. The third-order valence-corrected chi connectivity index (χ3v) is 3.11. The van der Waals surface area contributed by atoms with Gasteiger partial charge in [0.15, 0.2) is 0 Å². The highest BCUT2D eigenvalue weighted by molar-refractivity contribution is 9.11. The fourth-order valence-corrected chi connectivity index (χ4v) is 2.34. The van der Waals surface area contributed by atoms with Crippen molar-refractivity contribution in [2.75, 3.05) is 5.32 Å². The van der Waals surface area contributed by atoms with Crippen LogP contribution in [-0.2, 0) is 0 Å². The monoisotopic (exact) mass is 341 g/mol. The third kappa shape index (κ3) is 2.59. The average molecular weight is 343 g/mol. The molecule has 3 nitrogen and oxygen atoms in total. The molecule has 0 saturated carbocycles. The van der Waals surface area contributed by atoms with E-state index in [9.17, 15) is 0 Å². The van der Waals surface area contributed by atoms with Crippen LogP contribution >= 0.6 is 31.9 Å². The maximum atomic E-state index is 4.28. The summed E-state index contributed by atoms with van der Waals surface area (Å²) < 4.78 is 1.85. The number of hydrogen-bond acceptors (Lipinski definition) is 3. The maximum Gasteiger partial charge on any atom is 0.144 e. The Hall–Kier alpha value is -0.940. The highest BCUT2D eigenvalue weighted by Crippen LogP contribution is 2.26. The van der Waals surface area contributed by atoms with Crippen molar-refractivity contribution < 1.29 is 0 Å². The van der Waals surface area contributed by atoms with Gasteiger partial charge in [0.05, 0.1) is 15.9 Å². The molecule has 5 heteroatoms. The Kier molecular flexibility index (Phi) is 3.56. The van der Waals surface area contributed by atoms with E-state index in [0.29, 0.717) is 0 Å². The molecule has 2 aromatic rings. The first-order chi connectivity index (χ1) is 7.66. The van der Waals surface area contributed by atoms with E-state index in [1.807, 2.05) is 25.1 Å². The van der Waals surface area contributed by atoms with E-state index in [2.05, 4.69) is 47.1 Å². The van der Waals surface area contributed by atoms with Crippen LogP contribution in [-0.4, -0.2) is 9.97 Å². The van der Waals surface area contributed by atoms with Gasteiger partial charge in [0.1, 0.15) is 5.82 Å². The second-order valence-electron chi connectivity index (χ2n) is 3.25. The van der Waals surface area contributed by atoms with Crippen LogP contribution in [0, 0.1) is 6.92 Å². The fraction of sp³-hybridized carbons (Fsp3) is 0.0909. The lowest BCUT2D eigenvalue weighted by Crippen LogP contribution is -1.97. The zero-order valence-corrected chi connectivity index (χ0v) is 11.7. The van der Waals surface area contributed by atoms with Crippen LogP contribution < -0.4 is 5.32 Å². The van der Waals surface area contributed by atoms with Gasteiger partial charge in [0.2, 0.25) is 0 Å². The first kappa shape index (κ1) is 11.5. The predicted molar refractivity (Wildman–Crippen MR) is 71.9 cm³/mol. The van der Waals surface area contributed by atoms with Crippen molar-refractivity contribution in [3.8, 4) is 0 Å². The van der Waals surface area contributed by atoms with Gasteiger partial charge in [-0.2, -0.15) is 0 Å². The minimum Gasteiger partial charge on any atom is -0.338 e. The van der Waals surface area contributed by atoms with Crippen molar-refractivity contribution >= 4 is 43.4 Å². The number of aromatic nitrogens is 2. The Morgan fingerprint density at radius 2 is 2.06 bits per heavy atom. The van der Waals surface area contributed by atoms with Crippen molar-refractivity contribution in [1.82, 2.24) is 9.97 Å². The number of aryl methyl sites for hydroxylation is 1. The Balaban J connectivity index is 2.31. The van der Waals surface area contributed by atoms with Gasteiger partial charge in [-0.1, -0.05) is 0 Å². The van der Waals surface area contributed by atoms with E-state index >= 15 is 0 Å². The van der Waals surface area contributed by atoms with Crippen LogP contribution in [0.3, 0.4) is 0 Å². The van der Waals surface area contributed by atoms with Crippen molar-refractivity contribution in [2.24, 2.45) is 0 Å². The molecule has 1 N–H and O–H groups in total. The third-order valence-electron chi connectivity index (χ3n) is 2.07. The van der Waals surface area contributed by atoms with E-state index in [-0.39, 0.29) is 0 Å². The molecule has 0 aromatic carbocycles. The Bertz CT molecular complexity index is 514. The molecule has 0 atom stereocenters. The largest absolute Gasteiger partial charge is 0.338 e. The minimum absolute atomic E-state index is 0.777. The lowest BCUT2D eigenvalue weighted by Gasteiger charge is -2.09. The zero-order chi connectivity index (χ0) is 11.5. The maximum absolute atomic E-state index is 4.28. The van der Waals surface area contributed by atoms with Crippen LogP contribution in [0.25, 0.3) is 0 Å². The summed E-state index contributed by atoms with van der Waals surface area (Å²) >= 11 is 6.82. The van der Waals surface area contributed by atoms with Gasteiger partial charge in [-0.15, -0.1) is 0 Å². The van der Waals surface area contributed by atoms with Crippen LogP contribution in [0.4, 0.5) is 11.5 Å². The van der Waals surface area contributed by atoms with E-state index in [4.69, 9.17) is 0 Å². The second kappa shape index (κ2) is 4.93. The molecule has 0 radical (unpaired) electrons. The normalized spacial score (nSPS) is 10.2. The summed E-state index contributed by atoms with van der Waals surface area (Å²) in [6, 6.07) is 5.81. The topological polar surface area (TPSA) is 37.8 Å². The average Bonchev–Trinajstić information content (AvgIpc) is 2.25. The molecule has 0 aliphatic heterocycles. The molecule has 2 rings (SSSR count). The molecular formula is C11H9Br2N3. The smallest absolute Gasteiger partial charge is 0.144 e. The molecule has 0 spiro atoms. The number of hydrogen-bond donors (Lipinski definition) is 1. The van der Waals surface area contributed by atoms with E-state index in [1.165, 1.54) is 0 Å². The molecule has 0 aliphatic carbocycles. The van der Waals surface area contributed by atoms with Gasteiger partial charge in [0.25, 0.3) is 0 Å². The molecule has 16 heavy (non-hydrogen) atoms. The summed E-state index contributed by atoms with van der Waals surface area (Å²) in [6.07, 6.45) is 3.52. The predicted octanol–water partition coefficient (Wildman–Crippen LogP) is 4.05. The Morgan fingerprint density at radius 1 is 1.25 bits per heavy atom.